The van der Waals surface area contributed by atoms with Crippen LogP contribution in [0.25, 0.3) is 0 Å². The summed E-state index contributed by atoms with van der Waals surface area (Å²) in [5.41, 5.74) is 5.94. The number of nitrogens with one attached hydrogen (secondary N) is 1. The van der Waals surface area contributed by atoms with Crippen molar-refractivity contribution in [2.24, 2.45) is 5.73 Å². The molecule has 2 heterocycles. The zero-order valence-corrected chi connectivity index (χ0v) is 14.1. The lowest BCUT2D eigenvalue weighted by Crippen LogP contribution is -2.32. The topological polar surface area (TPSA) is 123 Å². The molecule has 1 aromatic carbocycles. The molecule has 9 nitrogen and oxygen atoms in total. The van der Waals surface area contributed by atoms with Gasteiger partial charge in [-0.15, -0.1) is 5.10 Å². The molecule has 1 aliphatic heterocycles. The van der Waals surface area contributed by atoms with Crippen LogP contribution in [0.3, 0.4) is 0 Å². The fourth-order valence-corrected chi connectivity index (χ4v) is 2.79. The lowest BCUT2D eigenvalue weighted by atomic mass is 10.1. The van der Waals surface area contributed by atoms with Crippen LogP contribution in [-0.2, 0) is 29.1 Å². The molecule has 0 bridgehead atoms. The molecule has 1 atom stereocenters. The quantitative estimate of drug-likeness (QED) is 0.694. The first-order valence-electron chi connectivity index (χ1n) is 7.56. The molecular weight excluding hydrogens is 367 g/mol. The Morgan fingerprint density at radius 2 is 2.15 bits per heavy atom. The monoisotopic (exact) mass is 380 g/mol. The van der Waals surface area contributed by atoms with Gasteiger partial charge in [-0.1, -0.05) is 22.9 Å². The molecule has 0 saturated carbocycles. The van der Waals surface area contributed by atoms with Crippen LogP contribution in [0.2, 0.25) is 5.02 Å². The Labute approximate surface area is 151 Å². The van der Waals surface area contributed by atoms with E-state index in [0.29, 0.717) is 11.3 Å². The first-order chi connectivity index (χ1) is 12.3. The van der Waals surface area contributed by atoms with Crippen molar-refractivity contribution in [3.63, 3.8) is 0 Å². The summed E-state index contributed by atoms with van der Waals surface area (Å²) in [6.07, 6.45) is 1.58. The van der Waals surface area contributed by atoms with Crippen molar-refractivity contribution in [2.45, 2.75) is 25.6 Å². The maximum Gasteiger partial charge on any atom is 0.325 e. The third-order valence-corrected chi connectivity index (χ3v) is 4.12. The second-order valence-corrected chi connectivity index (χ2v) is 6.15. The average Bonchev–Trinajstić information content (AvgIpc) is 3.08. The zero-order valence-electron chi connectivity index (χ0n) is 13.4. The highest BCUT2D eigenvalue weighted by atomic mass is 35.5. The van der Waals surface area contributed by atoms with Gasteiger partial charge in [0.25, 0.3) is 5.91 Å². The van der Waals surface area contributed by atoms with Crippen LogP contribution in [0.5, 0.6) is 0 Å². The number of aromatic nitrogens is 3. The van der Waals surface area contributed by atoms with Gasteiger partial charge in [-0.3, -0.25) is 14.5 Å². The van der Waals surface area contributed by atoms with Gasteiger partial charge in [0.05, 0.1) is 12.2 Å². The lowest BCUT2D eigenvalue weighted by Gasteiger charge is -2.14. The minimum Gasteiger partial charge on any atom is -0.368 e. The number of urea groups is 1. The SMILES string of the molecule is NC(=O)Cn1cc(C[C@@H]2NC(=O)N(Cc3ccc(F)cc3Cl)C2=O)nn1. The fraction of sp³-hybridized carbons (Fsp3) is 0.267. The molecule has 4 amide bonds. The number of carbonyl (C=O) groups is 3. The summed E-state index contributed by atoms with van der Waals surface area (Å²) in [6, 6.07) is 2.34. The number of hydrogen-bond acceptors (Lipinski definition) is 5. The lowest BCUT2D eigenvalue weighted by molar-refractivity contribution is -0.127. The van der Waals surface area contributed by atoms with Crippen LogP contribution in [0.4, 0.5) is 9.18 Å². The summed E-state index contributed by atoms with van der Waals surface area (Å²) < 4.78 is 14.4. The standard InChI is InChI=1S/C15H14ClFN6O3/c16-11-3-9(17)2-1-8(11)5-23-14(25)12(19-15(23)26)4-10-6-22(21-20-10)7-13(18)24/h1-3,6,12H,4-5,7H2,(H2,18,24)(H,19,26)/t12-/m0/s1. The van der Waals surface area contributed by atoms with E-state index in [1.165, 1.54) is 23.0 Å². The van der Waals surface area contributed by atoms with Gasteiger partial charge in [-0.05, 0) is 17.7 Å². The van der Waals surface area contributed by atoms with Gasteiger partial charge < -0.3 is 11.1 Å². The molecule has 1 saturated heterocycles. The average molecular weight is 381 g/mol. The van der Waals surface area contributed by atoms with Crippen molar-refractivity contribution in [1.82, 2.24) is 25.2 Å². The third-order valence-electron chi connectivity index (χ3n) is 3.77. The molecule has 3 N–H and O–H groups in total. The maximum atomic E-state index is 13.1. The first-order valence-corrected chi connectivity index (χ1v) is 7.94. The number of nitrogens with zero attached hydrogens (tertiary/aromatic N) is 4. The summed E-state index contributed by atoms with van der Waals surface area (Å²) in [4.78, 5) is 36.4. The van der Waals surface area contributed by atoms with Gasteiger partial charge in [-0.25, -0.2) is 13.9 Å². The van der Waals surface area contributed by atoms with E-state index >= 15 is 0 Å². The highest BCUT2D eigenvalue weighted by Crippen LogP contribution is 2.21. The first kappa shape index (κ1) is 17.8. The summed E-state index contributed by atoms with van der Waals surface area (Å²) in [5.74, 6) is -1.54. The fourth-order valence-electron chi connectivity index (χ4n) is 2.56. The molecule has 11 heteroatoms. The van der Waals surface area contributed by atoms with E-state index in [1.54, 1.807) is 0 Å². The number of carbonyl (C=O) groups excluding carboxylic acids is 3. The molecule has 0 radical (unpaired) electrons. The van der Waals surface area contributed by atoms with Crippen molar-refractivity contribution in [1.29, 1.82) is 0 Å². The largest absolute Gasteiger partial charge is 0.368 e. The molecule has 0 aliphatic carbocycles. The Kier molecular flexibility index (Phi) is 4.85. The van der Waals surface area contributed by atoms with E-state index in [0.717, 1.165) is 11.0 Å². The molecule has 2 aromatic rings. The van der Waals surface area contributed by atoms with Crippen LogP contribution in [0.1, 0.15) is 11.3 Å². The molecule has 1 fully saturated rings. The third kappa shape index (κ3) is 3.80. The van der Waals surface area contributed by atoms with Gasteiger partial charge >= 0.3 is 6.03 Å². The van der Waals surface area contributed by atoms with E-state index in [2.05, 4.69) is 15.6 Å². The molecule has 0 unspecified atom stereocenters. The maximum absolute atomic E-state index is 13.1. The summed E-state index contributed by atoms with van der Waals surface area (Å²) in [7, 11) is 0. The van der Waals surface area contributed by atoms with E-state index < -0.39 is 29.7 Å². The summed E-state index contributed by atoms with van der Waals surface area (Å²) in [5, 5.41) is 10.3. The number of primary amides is 1. The number of amides is 4. The highest BCUT2D eigenvalue weighted by Gasteiger charge is 2.38. The normalized spacial score (nSPS) is 16.8. The smallest absolute Gasteiger partial charge is 0.325 e. The number of benzene rings is 1. The number of halogens is 2. The van der Waals surface area contributed by atoms with Gasteiger partial charge in [-0.2, -0.15) is 0 Å². The zero-order chi connectivity index (χ0) is 18.8. The van der Waals surface area contributed by atoms with Gasteiger partial charge in [0.15, 0.2) is 0 Å². The van der Waals surface area contributed by atoms with Crippen molar-refractivity contribution >= 4 is 29.4 Å². The van der Waals surface area contributed by atoms with Crippen molar-refractivity contribution in [2.75, 3.05) is 0 Å². The Bertz CT molecular complexity index is 886. The Morgan fingerprint density at radius 1 is 1.38 bits per heavy atom. The molecule has 3 rings (SSSR count). The molecule has 0 spiro atoms. The highest BCUT2D eigenvalue weighted by molar-refractivity contribution is 6.31. The van der Waals surface area contributed by atoms with Crippen LogP contribution in [0.15, 0.2) is 24.4 Å². The molecular formula is C15H14ClFN6O3. The Balaban J connectivity index is 1.68. The van der Waals surface area contributed by atoms with Crippen LogP contribution in [-0.4, -0.2) is 43.8 Å². The van der Waals surface area contributed by atoms with Crippen molar-refractivity contribution in [3.8, 4) is 0 Å². The molecule has 136 valence electrons. The van der Waals surface area contributed by atoms with Gasteiger partial charge in [0, 0.05) is 17.6 Å². The van der Waals surface area contributed by atoms with Gasteiger partial charge in [0.1, 0.15) is 18.4 Å². The van der Waals surface area contributed by atoms with Crippen molar-refractivity contribution < 1.29 is 18.8 Å². The molecule has 1 aromatic heterocycles. The molecule has 26 heavy (non-hydrogen) atoms. The number of rotatable bonds is 6. The van der Waals surface area contributed by atoms with Crippen LogP contribution < -0.4 is 11.1 Å². The van der Waals surface area contributed by atoms with Gasteiger partial charge in [0.2, 0.25) is 5.91 Å². The van der Waals surface area contributed by atoms with Crippen LogP contribution >= 0.6 is 11.6 Å². The van der Waals surface area contributed by atoms with E-state index in [4.69, 9.17) is 17.3 Å². The van der Waals surface area contributed by atoms with E-state index in [1.807, 2.05) is 0 Å². The predicted octanol–water partition coefficient (Wildman–Crippen LogP) is 0.219. The second-order valence-electron chi connectivity index (χ2n) is 5.74. The van der Waals surface area contributed by atoms with Crippen LogP contribution in [0, 0.1) is 5.82 Å². The second kappa shape index (κ2) is 7.08. The molecule has 1 aliphatic rings. The van der Waals surface area contributed by atoms with E-state index in [-0.39, 0.29) is 24.5 Å². The Hall–Kier alpha value is -3.01. The number of nitrogens with two attached hydrogens (primary N) is 1. The summed E-state index contributed by atoms with van der Waals surface area (Å²) >= 11 is 5.95. The Morgan fingerprint density at radius 3 is 2.85 bits per heavy atom. The predicted molar refractivity (Wildman–Crippen MR) is 87.2 cm³/mol. The number of imide groups is 1. The van der Waals surface area contributed by atoms with Crippen molar-refractivity contribution in [3.05, 3.63) is 46.5 Å². The van der Waals surface area contributed by atoms with E-state index in [9.17, 15) is 18.8 Å². The minimum atomic E-state index is -0.819. The minimum absolute atomic E-state index is 0.0748. The number of hydrogen-bond donors (Lipinski definition) is 2. The summed E-state index contributed by atoms with van der Waals surface area (Å²) in [6.45, 7) is -0.207.